The first-order valence-corrected chi connectivity index (χ1v) is 2.70. The summed E-state index contributed by atoms with van der Waals surface area (Å²) in [5, 5.41) is 18.2. The van der Waals surface area contributed by atoms with E-state index in [-0.39, 0.29) is 5.57 Å². The number of hydrogen-bond donors (Lipinski definition) is 1. The summed E-state index contributed by atoms with van der Waals surface area (Å²) in [6.45, 7) is 4.30. The van der Waals surface area contributed by atoms with Gasteiger partial charge in [0, 0.05) is 11.6 Å². The number of allylic oxidation sites excluding steroid dienone is 1. The van der Waals surface area contributed by atoms with Crippen LogP contribution < -0.4 is 0 Å². The Morgan fingerprint density at radius 3 is 2.45 bits per heavy atom. The number of carboxylic acids is 1. The van der Waals surface area contributed by atoms with E-state index in [1.807, 2.05) is 0 Å². The molecule has 0 aromatic heterocycles. The number of rotatable bonds is 3. The number of carbonyl (C=O) groups is 1. The first kappa shape index (κ1) is 9.35. The molecule has 0 aromatic carbocycles. The molecule has 5 nitrogen and oxygen atoms in total. The van der Waals surface area contributed by atoms with Crippen LogP contribution in [-0.2, 0) is 4.79 Å². The highest BCUT2D eigenvalue weighted by molar-refractivity contribution is 5.86. The van der Waals surface area contributed by atoms with Crippen LogP contribution in [0, 0.1) is 10.1 Å². The third-order valence-electron chi connectivity index (χ3n) is 0.955. The monoisotopic (exact) mass is 157 g/mol. The van der Waals surface area contributed by atoms with Gasteiger partial charge in [-0.05, 0) is 13.5 Å². The Labute approximate surface area is 62.8 Å². The van der Waals surface area contributed by atoms with E-state index in [1.54, 1.807) is 0 Å². The van der Waals surface area contributed by atoms with Crippen molar-refractivity contribution < 1.29 is 14.8 Å². The van der Waals surface area contributed by atoms with Crippen molar-refractivity contribution in [2.75, 3.05) is 0 Å². The van der Waals surface area contributed by atoms with E-state index in [0.29, 0.717) is 0 Å². The van der Waals surface area contributed by atoms with Crippen molar-refractivity contribution >= 4 is 5.97 Å². The molecule has 0 aliphatic carbocycles. The predicted octanol–water partition coefficient (Wildman–Crippen LogP) is 0.808. The lowest BCUT2D eigenvalue weighted by Crippen LogP contribution is -2.00. The summed E-state index contributed by atoms with van der Waals surface area (Å²) in [5.74, 6) is -1.19. The van der Waals surface area contributed by atoms with Crippen LogP contribution in [0.3, 0.4) is 0 Å². The summed E-state index contributed by atoms with van der Waals surface area (Å²) in [4.78, 5) is 19.3. The smallest absolute Gasteiger partial charge is 0.331 e. The molecule has 60 valence electrons. The van der Waals surface area contributed by atoms with Crippen molar-refractivity contribution in [3.05, 3.63) is 34.0 Å². The van der Waals surface area contributed by atoms with Crippen molar-refractivity contribution in [3.8, 4) is 0 Å². The molecule has 0 bridgehead atoms. The molecule has 0 saturated carbocycles. The summed E-state index contributed by atoms with van der Waals surface area (Å²) in [7, 11) is 0. The topological polar surface area (TPSA) is 80.4 Å². The van der Waals surface area contributed by atoms with Crippen LogP contribution in [0.15, 0.2) is 23.9 Å². The van der Waals surface area contributed by atoms with Crippen molar-refractivity contribution in [2.45, 2.75) is 6.92 Å². The lowest BCUT2D eigenvalue weighted by Gasteiger charge is -1.90. The Kier molecular flexibility index (Phi) is 2.98. The molecule has 0 aromatic rings. The van der Waals surface area contributed by atoms with Crippen molar-refractivity contribution in [2.24, 2.45) is 0 Å². The molecule has 0 atom stereocenters. The molecular weight excluding hydrogens is 150 g/mol. The van der Waals surface area contributed by atoms with E-state index in [1.165, 1.54) is 6.92 Å². The van der Waals surface area contributed by atoms with Gasteiger partial charge in [0.1, 0.15) is 0 Å². The van der Waals surface area contributed by atoms with Crippen LogP contribution in [0.4, 0.5) is 0 Å². The highest BCUT2D eigenvalue weighted by Gasteiger charge is 2.06. The predicted molar refractivity (Wildman–Crippen MR) is 37.5 cm³/mol. The summed E-state index contributed by atoms with van der Waals surface area (Å²) < 4.78 is 0. The van der Waals surface area contributed by atoms with Gasteiger partial charge in [0.15, 0.2) is 0 Å². The van der Waals surface area contributed by atoms with E-state index in [4.69, 9.17) is 5.11 Å². The summed E-state index contributed by atoms with van der Waals surface area (Å²) >= 11 is 0. The molecule has 0 heterocycles. The number of hydrogen-bond acceptors (Lipinski definition) is 3. The second kappa shape index (κ2) is 3.50. The van der Waals surface area contributed by atoms with Gasteiger partial charge in [-0.2, -0.15) is 0 Å². The van der Waals surface area contributed by atoms with Crippen LogP contribution in [0.2, 0.25) is 0 Å². The quantitative estimate of drug-likeness (QED) is 0.284. The fraction of sp³-hybridized carbons (Fsp3) is 0.167. The van der Waals surface area contributed by atoms with Gasteiger partial charge in [0.2, 0.25) is 0 Å². The minimum absolute atomic E-state index is 0.105. The van der Waals surface area contributed by atoms with Crippen molar-refractivity contribution in [1.82, 2.24) is 0 Å². The van der Waals surface area contributed by atoms with Crippen LogP contribution in [0.5, 0.6) is 0 Å². The van der Waals surface area contributed by atoms with Crippen LogP contribution in [0.1, 0.15) is 6.92 Å². The summed E-state index contributed by atoms with van der Waals surface area (Å²) in [6.07, 6.45) is 0.905. The van der Waals surface area contributed by atoms with Crippen LogP contribution in [0.25, 0.3) is 0 Å². The minimum atomic E-state index is -1.19. The second-order valence-electron chi connectivity index (χ2n) is 1.88. The van der Waals surface area contributed by atoms with Gasteiger partial charge in [-0.1, -0.05) is 0 Å². The lowest BCUT2D eigenvalue weighted by molar-refractivity contribution is -0.418. The van der Waals surface area contributed by atoms with Crippen LogP contribution in [-0.4, -0.2) is 16.0 Å². The average Bonchev–Trinajstić information content (AvgIpc) is 1.87. The minimum Gasteiger partial charge on any atom is -0.478 e. The van der Waals surface area contributed by atoms with E-state index in [0.717, 1.165) is 6.08 Å². The third kappa shape index (κ3) is 3.14. The average molecular weight is 157 g/mol. The summed E-state index contributed by atoms with van der Waals surface area (Å²) in [5.41, 5.74) is -0.531. The Bertz CT molecular complexity index is 241. The van der Waals surface area contributed by atoms with Gasteiger partial charge in [-0.3, -0.25) is 10.1 Å². The highest BCUT2D eigenvalue weighted by Crippen LogP contribution is 2.00. The van der Waals surface area contributed by atoms with Gasteiger partial charge in [-0.25, -0.2) is 4.79 Å². The van der Waals surface area contributed by atoms with Gasteiger partial charge in [0.05, 0.1) is 4.92 Å². The standard InChI is InChI=1S/C6H7NO4/c1-4(6(8)9)3-5(2)7(10)11/h3H,2H2,1H3,(H,8,9)/b4-3+. The Balaban J connectivity index is 4.44. The number of nitrogens with zero attached hydrogens (tertiary/aromatic N) is 1. The molecule has 0 amide bonds. The molecule has 0 spiro atoms. The molecule has 0 radical (unpaired) electrons. The first-order chi connectivity index (χ1) is 4.95. The molecule has 0 aliphatic rings. The molecule has 0 fully saturated rings. The molecule has 0 saturated heterocycles. The fourth-order valence-electron chi connectivity index (χ4n) is 0.364. The van der Waals surface area contributed by atoms with E-state index >= 15 is 0 Å². The normalized spacial score (nSPS) is 10.8. The molecule has 0 rings (SSSR count). The Morgan fingerprint density at radius 2 is 2.18 bits per heavy atom. The van der Waals surface area contributed by atoms with Gasteiger partial charge in [-0.15, -0.1) is 0 Å². The number of carboxylic acid groups (broad SMARTS) is 1. The zero-order valence-corrected chi connectivity index (χ0v) is 5.90. The fourth-order valence-corrected chi connectivity index (χ4v) is 0.364. The Morgan fingerprint density at radius 1 is 1.73 bits per heavy atom. The van der Waals surface area contributed by atoms with E-state index in [9.17, 15) is 14.9 Å². The molecule has 5 heteroatoms. The van der Waals surface area contributed by atoms with Crippen LogP contribution >= 0.6 is 0 Å². The third-order valence-corrected chi connectivity index (χ3v) is 0.955. The summed E-state index contributed by atoms with van der Waals surface area (Å²) in [6, 6.07) is 0. The molecule has 1 N–H and O–H groups in total. The van der Waals surface area contributed by atoms with E-state index in [2.05, 4.69) is 6.58 Å². The lowest BCUT2D eigenvalue weighted by atomic mass is 10.2. The van der Waals surface area contributed by atoms with Crippen molar-refractivity contribution in [3.63, 3.8) is 0 Å². The first-order valence-electron chi connectivity index (χ1n) is 2.70. The second-order valence-corrected chi connectivity index (χ2v) is 1.88. The van der Waals surface area contributed by atoms with Gasteiger partial charge in [0.25, 0.3) is 5.70 Å². The SMILES string of the molecule is C=C(/C=C(\C)C(=O)O)[N+](=O)[O-]. The maximum absolute atomic E-state index is 10.1. The molecule has 0 aliphatic heterocycles. The maximum atomic E-state index is 10.1. The number of aliphatic carboxylic acids is 1. The van der Waals surface area contributed by atoms with E-state index < -0.39 is 16.6 Å². The number of nitro groups is 1. The maximum Gasteiger partial charge on any atom is 0.331 e. The Hall–Kier alpha value is -1.65. The largest absolute Gasteiger partial charge is 0.478 e. The zero-order valence-electron chi connectivity index (χ0n) is 5.90. The zero-order chi connectivity index (χ0) is 9.02. The van der Waals surface area contributed by atoms with Gasteiger partial charge >= 0.3 is 5.97 Å². The molecule has 0 unspecified atom stereocenters. The molecule has 11 heavy (non-hydrogen) atoms. The van der Waals surface area contributed by atoms with Gasteiger partial charge < -0.3 is 5.11 Å². The highest BCUT2D eigenvalue weighted by atomic mass is 16.6. The molecular formula is C6H7NO4. The van der Waals surface area contributed by atoms with Crippen molar-refractivity contribution in [1.29, 1.82) is 0 Å².